The lowest BCUT2D eigenvalue weighted by atomic mass is 10.1. The highest BCUT2D eigenvalue weighted by atomic mass is 35.5. The van der Waals surface area contributed by atoms with Crippen molar-refractivity contribution in [2.45, 2.75) is 25.9 Å². The Bertz CT molecular complexity index is 1070. The number of ether oxygens (including phenoxy) is 2. The van der Waals surface area contributed by atoms with Crippen molar-refractivity contribution in [3.8, 4) is 0 Å². The first-order valence-corrected chi connectivity index (χ1v) is 10.9. The minimum atomic E-state index is -0.556. The van der Waals surface area contributed by atoms with Gasteiger partial charge in [0.25, 0.3) is 5.91 Å². The van der Waals surface area contributed by atoms with Crippen molar-refractivity contribution in [1.29, 1.82) is 0 Å². The van der Waals surface area contributed by atoms with E-state index in [9.17, 15) is 9.59 Å². The van der Waals surface area contributed by atoms with Crippen LogP contribution in [0.4, 0.5) is 5.13 Å². The Morgan fingerprint density at radius 1 is 1.27 bits per heavy atom. The zero-order valence-electron chi connectivity index (χ0n) is 16.7. The van der Waals surface area contributed by atoms with Crippen molar-refractivity contribution < 1.29 is 19.1 Å². The van der Waals surface area contributed by atoms with Gasteiger partial charge in [0.05, 0.1) is 46.1 Å². The summed E-state index contributed by atoms with van der Waals surface area (Å²) in [7, 11) is 1.30. The monoisotopic (exact) mass is 444 g/mol. The molecular weight excluding hydrogens is 424 g/mol. The number of methoxy groups -OCH3 is 1. The molecule has 30 heavy (non-hydrogen) atoms. The summed E-state index contributed by atoms with van der Waals surface area (Å²) in [5.41, 5.74) is 2.24. The van der Waals surface area contributed by atoms with E-state index < -0.39 is 5.97 Å². The molecule has 1 atom stereocenters. The van der Waals surface area contributed by atoms with E-state index >= 15 is 0 Å². The summed E-state index contributed by atoms with van der Waals surface area (Å²) in [6, 6.07) is 10.4. The van der Waals surface area contributed by atoms with E-state index in [-0.39, 0.29) is 23.1 Å². The summed E-state index contributed by atoms with van der Waals surface area (Å²) >= 11 is 7.74. The number of thiazole rings is 1. The van der Waals surface area contributed by atoms with Gasteiger partial charge in [-0.15, -0.1) is 0 Å². The molecule has 8 heteroatoms. The first-order valence-electron chi connectivity index (χ1n) is 9.66. The predicted molar refractivity (Wildman–Crippen MR) is 118 cm³/mol. The van der Waals surface area contributed by atoms with Crippen molar-refractivity contribution in [2.75, 3.05) is 25.2 Å². The van der Waals surface area contributed by atoms with Crippen LogP contribution in [0.25, 0.3) is 10.2 Å². The number of aromatic nitrogens is 1. The van der Waals surface area contributed by atoms with Crippen LogP contribution in [0, 0.1) is 6.92 Å². The minimum Gasteiger partial charge on any atom is -0.465 e. The van der Waals surface area contributed by atoms with Gasteiger partial charge in [0.15, 0.2) is 5.13 Å². The van der Waals surface area contributed by atoms with Crippen LogP contribution in [-0.2, 0) is 9.47 Å². The number of fused-ring (bicyclic) bond motifs is 1. The number of carbonyl (C=O) groups is 2. The molecule has 3 aromatic rings. The molecule has 1 aromatic heterocycles. The molecule has 156 valence electrons. The molecule has 0 spiro atoms. The van der Waals surface area contributed by atoms with Crippen LogP contribution >= 0.6 is 22.9 Å². The number of hydrogen-bond acceptors (Lipinski definition) is 6. The summed E-state index contributed by atoms with van der Waals surface area (Å²) in [5, 5.41) is 1.13. The van der Waals surface area contributed by atoms with Crippen LogP contribution in [-0.4, -0.2) is 43.2 Å². The van der Waals surface area contributed by atoms with E-state index in [2.05, 4.69) is 0 Å². The number of nitrogens with zero attached hydrogens (tertiary/aromatic N) is 2. The van der Waals surface area contributed by atoms with E-state index in [0.29, 0.717) is 23.3 Å². The molecule has 1 fully saturated rings. The van der Waals surface area contributed by atoms with Gasteiger partial charge >= 0.3 is 5.97 Å². The number of amides is 1. The summed E-state index contributed by atoms with van der Waals surface area (Å²) in [6.45, 7) is 2.99. The lowest BCUT2D eigenvalue weighted by molar-refractivity contribution is 0.0596. The third-order valence-corrected chi connectivity index (χ3v) is 6.67. The van der Waals surface area contributed by atoms with E-state index in [1.165, 1.54) is 18.4 Å². The summed E-state index contributed by atoms with van der Waals surface area (Å²) < 4.78 is 11.5. The first kappa shape index (κ1) is 20.8. The van der Waals surface area contributed by atoms with E-state index in [1.54, 1.807) is 29.2 Å². The Kier molecular flexibility index (Phi) is 6.04. The summed E-state index contributed by atoms with van der Waals surface area (Å²) in [6.07, 6.45) is 1.74. The Morgan fingerprint density at radius 3 is 2.70 bits per heavy atom. The molecule has 1 amide bonds. The Labute approximate surface area is 183 Å². The molecule has 0 aliphatic carbocycles. The van der Waals surface area contributed by atoms with Gasteiger partial charge in [-0.3, -0.25) is 9.69 Å². The predicted octanol–water partition coefficient (Wildman–Crippen LogP) is 4.87. The maximum atomic E-state index is 13.6. The van der Waals surface area contributed by atoms with Crippen molar-refractivity contribution in [2.24, 2.45) is 0 Å². The van der Waals surface area contributed by atoms with Crippen molar-refractivity contribution in [1.82, 2.24) is 4.98 Å². The molecule has 2 heterocycles. The molecule has 0 radical (unpaired) electrons. The number of halogens is 1. The molecule has 1 aliphatic rings. The van der Waals surface area contributed by atoms with Crippen LogP contribution in [0.3, 0.4) is 0 Å². The van der Waals surface area contributed by atoms with Gasteiger partial charge in [-0.2, -0.15) is 0 Å². The van der Waals surface area contributed by atoms with Gasteiger partial charge in [-0.1, -0.05) is 41.1 Å². The third-order valence-electron chi connectivity index (χ3n) is 5.14. The summed E-state index contributed by atoms with van der Waals surface area (Å²) in [5.74, 6) is -0.876. The maximum Gasteiger partial charge on any atom is 0.338 e. The number of hydrogen-bond donors (Lipinski definition) is 0. The Balaban J connectivity index is 1.79. The largest absolute Gasteiger partial charge is 0.465 e. The zero-order valence-corrected chi connectivity index (χ0v) is 18.3. The van der Waals surface area contributed by atoms with Crippen LogP contribution in [0.1, 0.15) is 39.1 Å². The van der Waals surface area contributed by atoms with Gasteiger partial charge in [0, 0.05) is 6.61 Å². The fraction of sp³-hybridized carbons (Fsp3) is 0.318. The standard InChI is InChI=1S/C22H21ClN2O4S/c1-13-9-10-17(23)19-18(13)24-22(30-19)25(12-14-6-5-11-29-14)20(26)15-7-3-4-8-16(15)21(27)28-2/h3-4,7-10,14H,5-6,11-12H2,1-2H3. The molecule has 1 unspecified atom stereocenters. The fourth-order valence-corrected chi connectivity index (χ4v) is 4.87. The first-order chi connectivity index (χ1) is 14.5. The summed E-state index contributed by atoms with van der Waals surface area (Å²) in [4.78, 5) is 32.2. The number of anilines is 1. The number of carbonyl (C=O) groups excluding carboxylic acids is 2. The average molecular weight is 445 g/mol. The molecule has 1 aliphatic heterocycles. The molecule has 0 N–H and O–H groups in total. The Morgan fingerprint density at radius 2 is 2.03 bits per heavy atom. The molecule has 6 nitrogen and oxygen atoms in total. The van der Waals surface area contributed by atoms with Gasteiger partial charge in [0.2, 0.25) is 0 Å². The zero-order chi connectivity index (χ0) is 21.3. The van der Waals surface area contributed by atoms with Crippen molar-refractivity contribution >= 4 is 50.2 Å². The van der Waals surface area contributed by atoms with Crippen LogP contribution in [0.5, 0.6) is 0 Å². The minimum absolute atomic E-state index is 0.0807. The van der Waals surface area contributed by atoms with E-state index in [0.717, 1.165) is 28.6 Å². The van der Waals surface area contributed by atoms with Gasteiger partial charge in [0.1, 0.15) is 0 Å². The SMILES string of the molecule is COC(=O)c1ccccc1C(=O)N(CC1CCCO1)c1nc2c(C)ccc(Cl)c2s1. The van der Waals surface area contributed by atoms with Crippen molar-refractivity contribution in [3.05, 3.63) is 58.1 Å². The second kappa shape index (κ2) is 8.71. The van der Waals surface area contributed by atoms with E-state index in [1.807, 2.05) is 19.1 Å². The molecule has 2 aromatic carbocycles. The third kappa shape index (κ3) is 3.93. The van der Waals surface area contributed by atoms with Gasteiger partial charge < -0.3 is 9.47 Å². The molecule has 4 rings (SSSR count). The van der Waals surface area contributed by atoms with Gasteiger partial charge in [-0.05, 0) is 43.5 Å². The molecule has 0 bridgehead atoms. The second-order valence-corrected chi connectivity index (χ2v) is 8.51. The molecule has 1 saturated heterocycles. The van der Waals surface area contributed by atoms with Crippen LogP contribution in [0.15, 0.2) is 36.4 Å². The van der Waals surface area contributed by atoms with Crippen molar-refractivity contribution in [3.63, 3.8) is 0 Å². The average Bonchev–Trinajstić information content (AvgIpc) is 3.44. The fourth-order valence-electron chi connectivity index (χ4n) is 3.55. The number of aryl methyl sites for hydroxylation is 1. The topological polar surface area (TPSA) is 68.7 Å². The highest BCUT2D eigenvalue weighted by Crippen LogP contribution is 2.36. The quantitative estimate of drug-likeness (QED) is 0.525. The van der Waals surface area contributed by atoms with Gasteiger partial charge in [-0.25, -0.2) is 9.78 Å². The highest BCUT2D eigenvalue weighted by Gasteiger charge is 2.29. The van der Waals surface area contributed by atoms with Crippen LogP contribution < -0.4 is 4.90 Å². The van der Waals surface area contributed by atoms with E-state index in [4.69, 9.17) is 26.1 Å². The lowest BCUT2D eigenvalue weighted by Gasteiger charge is -2.23. The lowest BCUT2D eigenvalue weighted by Crippen LogP contribution is -2.38. The number of esters is 1. The maximum absolute atomic E-state index is 13.6. The number of benzene rings is 2. The second-order valence-electron chi connectivity index (χ2n) is 7.13. The Hall–Kier alpha value is -2.48. The highest BCUT2D eigenvalue weighted by molar-refractivity contribution is 7.23. The smallest absolute Gasteiger partial charge is 0.338 e. The molecule has 0 saturated carbocycles. The molecular formula is C22H21ClN2O4S. The normalized spacial score (nSPS) is 16.0. The van der Waals surface area contributed by atoms with Crippen LogP contribution in [0.2, 0.25) is 5.02 Å². The number of rotatable bonds is 5.